The van der Waals surface area contributed by atoms with E-state index in [4.69, 9.17) is 0 Å². The molecule has 1 saturated heterocycles. The Kier molecular flexibility index (Phi) is 6.80. The van der Waals surface area contributed by atoms with Crippen LogP contribution in [-0.4, -0.2) is 47.7 Å². The molecule has 1 aliphatic rings. The summed E-state index contributed by atoms with van der Waals surface area (Å²) >= 11 is 0. The zero-order chi connectivity index (χ0) is 14.3. The number of likely N-dealkylation sites (tertiary alicyclic amines) is 1. The molecule has 0 aromatic rings. The summed E-state index contributed by atoms with van der Waals surface area (Å²) in [5.74, 6) is -0.721. The molecule has 0 spiro atoms. The van der Waals surface area contributed by atoms with Crippen molar-refractivity contribution in [2.45, 2.75) is 70.4 Å². The minimum Gasteiger partial charge on any atom is -0.480 e. The maximum Gasteiger partial charge on any atom is 0.323 e. The molecule has 0 saturated carbocycles. The first-order valence-electron chi connectivity index (χ1n) is 7.72. The minimum atomic E-state index is -0.741. The Labute approximate surface area is 117 Å². The smallest absolute Gasteiger partial charge is 0.323 e. The summed E-state index contributed by atoms with van der Waals surface area (Å²) in [5.41, 5.74) is -0.741. The fourth-order valence-electron chi connectivity index (χ4n) is 3.09. The molecule has 4 heteroatoms. The third-order valence-electron chi connectivity index (χ3n) is 4.73. The van der Waals surface area contributed by atoms with E-state index in [1.807, 2.05) is 6.92 Å². The highest BCUT2D eigenvalue weighted by Crippen LogP contribution is 2.20. The molecule has 2 atom stereocenters. The molecule has 0 bridgehead atoms. The van der Waals surface area contributed by atoms with Gasteiger partial charge in [-0.25, -0.2) is 0 Å². The molecule has 2 unspecified atom stereocenters. The van der Waals surface area contributed by atoms with Gasteiger partial charge in [0, 0.05) is 6.04 Å². The van der Waals surface area contributed by atoms with Gasteiger partial charge in [-0.3, -0.25) is 4.79 Å². The van der Waals surface area contributed by atoms with Gasteiger partial charge in [0.2, 0.25) is 0 Å². The minimum absolute atomic E-state index is 0.633. The van der Waals surface area contributed by atoms with Gasteiger partial charge in [0.1, 0.15) is 5.54 Å². The summed E-state index contributed by atoms with van der Waals surface area (Å²) < 4.78 is 0. The van der Waals surface area contributed by atoms with E-state index < -0.39 is 11.5 Å². The molecule has 1 fully saturated rings. The third kappa shape index (κ3) is 4.46. The van der Waals surface area contributed by atoms with Crippen molar-refractivity contribution in [1.82, 2.24) is 10.2 Å². The molecule has 0 aromatic carbocycles. The number of likely N-dealkylation sites (N-methyl/N-ethyl adjacent to an activating group) is 1. The van der Waals surface area contributed by atoms with E-state index in [1.54, 1.807) is 7.05 Å². The lowest BCUT2D eigenvalue weighted by molar-refractivity contribution is -0.145. The van der Waals surface area contributed by atoms with E-state index in [0.29, 0.717) is 18.9 Å². The highest BCUT2D eigenvalue weighted by Gasteiger charge is 2.34. The zero-order valence-electron chi connectivity index (χ0n) is 12.7. The molecule has 1 aliphatic heterocycles. The van der Waals surface area contributed by atoms with Gasteiger partial charge in [0.15, 0.2) is 0 Å². The van der Waals surface area contributed by atoms with Crippen LogP contribution >= 0.6 is 0 Å². The maximum atomic E-state index is 11.4. The number of hydrogen-bond acceptors (Lipinski definition) is 3. The molecule has 19 heavy (non-hydrogen) atoms. The second-order valence-corrected chi connectivity index (χ2v) is 5.83. The van der Waals surface area contributed by atoms with Gasteiger partial charge in [-0.05, 0) is 59.2 Å². The predicted octanol–water partition coefficient (Wildman–Crippen LogP) is 2.48. The molecule has 1 heterocycles. The summed E-state index contributed by atoms with van der Waals surface area (Å²) in [5, 5.41) is 12.4. The van der Waals surface area contributed by atoms with Gasteiger partial charge in [-0.2, -0.15) is 0 Å². The SMILES string of the molecule is CCC(CCCN1CCCCCC1C)(NC)C(=O)O. The van der Waals surface area contributed by atoms with Crippen LogP contribution in [0.2, 0.25) is 0 Å². The lowest BCUT2D eigenvalue weighted by atomic mass is 9.90. The summed E-state index contributed by atoms with van der Waals surface area (Å²) in [6, 6.07) is 0.651. The normalized spacial score (nSPS) is 24.7. The number of nitrogens with zero attached hydrogens (tertiary/aromatic N) is 1. The van der Waals surface area contributed by atoms with E-state index >= 15 is 0 Å². The Morgan fingerprint density at radius 2 is 2.16 bits per heavy atom. The molecule has 1 rings (SSSR count). The second-order valence-electron chi connectivity index (χ2n) is 5.83. The van der Waals surface area contributed by atoms with Crippen molar-refractivity contribution in [2.75, 3.05) is 20.1 Å². The number of carbonyl (C=O) groups is 1. The van der Waals surface area contributed by atoms with Crippen LogP contribution in [0.5, 0.6) is 0 Å². The molecule has 112 valence electrons. The molecule has 4 nitrogen and oxygen atoms in total. The number of rotatable bonds is 7. The molecule has 0 aromatic heterocycles. The average Bonchev–Trinajstić information content (AvgIpc) is 2.60. The fourth-order valence-corrected chi connectivity index (χ4v) is 3.09. The van der Waals surface area contributed by atoms with Crippen molar-refractivity contribution >= 4 is 5.97 Å². The van der Waals surface area contributed by atoms with Gasteiger partial charge in [-0.1, -0.05) is 19.8 Å². The van der Waals surface area contributed by atoms with Crippen LogP contribution in [0.25, 0.3) is 0 Å². The fraction of sp³-hybridized carbons (Fsp3) is 0.933. The molecule has 0 aliphatic carbocycles. The Morgan fingerprint density at radius 3 is 2.74 bits per heavy atom. The first kappa shape index (κ1) is 16.4. The summed E-state index contributed by atoms with van der Waals surface area (Å²) in [6.07, 6.45) is 7.53. The lowest BCUT2D eigenvalue weighted by Crippen LogP contribution is -2.50. The lowest BCUT2D eigenvalue weighted by Gasteiger charge is -2.31. The monoisotopic (exact) mass is 270 g/mol. The van der Waals surface area contributed by atoms with Gasteiger partial charge >= 0.3 is 5.97 Å². The first-order chi connectivity index (χ1) is 9.05. The second kappa shape index (κ2) is 7.85. The van der Waals surface area contributed by atoms with Crippen molar-refractivity contribution in [1.29, 1.82) is 0 Å². The van der Waals surface area contributed by atoms with Gasteiger partial charge in [0.05, 0.1) is 0 Å². The number of carboxylic acid groups (broad SMARTS) is 1. The van der Waals surface area contributed by atoms with Crippen LogP contribution in [0.1, 0.15) is 58.8 Å². The molecule has 2 N–H and O–H groups in total. The van der Waals surface area contributed by atoms with Crippen molar-refractivity contribution in [3.05, 3.63) is 0 Å². The quantitative estimate of drug-likeness (QED) is 0.746. The van der Waals surface area contributed by atoms with Crippen molar-refractivity contribution in [2.24, 2.45) is 0 Å². The topological polar surface area (TPSA) is 52.6 Å². The number of nitrogens with one attached hydrogen (secondary N) is 1. The van der Waals surface area contributed by atoms with Crippen molar-refractivity contribution in [3.8, 4) is 0 Å². The third-order valence-corrected chi connectivity index (χ3v) is 4.73. The summed E-state index contributed by atoms with van der Waals surface area (Å²) in [6.45, 7) is 6.44. The van der Waals surface area contributed by atoms with E-state index in [0.717, 1.165) is 13.0 Å². The van der Waals surface area contributed by atoms with E-state index in [-0.39, 0.29) is 0 Å². The highest BCUT2D eigenvalue weighted by molar-refractivity contribution is 5.78. The Hall–Kier alpha value is -0.610. The number of hydrogen-bond donors (Lipinski definition) is 2. The van der Waals surface area contributed by atoms with E-state index in [9.17, 15) is 9.90 Å². The van der Waals surface area contributed by atoms with Crippen LogP contribution in [0, 0.1) is 0 Å². The van der Waals surface area contributed by atoms with Crippen LogP contribution in [0.15, 0.2) is 0 Å². The Bertz CT molecular complexity index is 277. The maximum absolute atomic E-state index is 11.4. The van der Waals surface area contributed by atoms with Crippen LogP contribution in [-0.2, 0) is 4.79 Å². The van der Waals surface area contributed by atoms with E-state index in [2.05, 4.69) is 17.1 Å². The average molecular weight is 270 g/mol. The Balaban J connectivity index is 2.44. The van der Waals surface area contributed by atoms with Crippen molar-refractivity contribution < 1.29 is 9.90 Å². The van der Waals surface area contributed by atoms with Crippen LogP contribution < -0.4 is 5.32 Å². The van der Waals surface area contributed by atoms with Gasteiger partial charge < -0.3 is 15.3 Å². The molecule has 0 amide bonds. The summed E-state index contributed by atoms with van der Waals surface area (Å²) in [7, 11) is 1.76. The van der Waals surface area contributed by atoms with Gasteiger partial charge in [0.25, 0.3) is 0 Å². The van der Waals surface area contributed by atoms with Gasteiger partial charge in [-0.15, -0.1) is 0 Å². The number of carboxylic acids is 1. The highest BCUT2D eigenvalue weighted by atomic mass is 16.4. The predicted molar refractivity (Wildman–Crippen MR) is 78.5 cm³/mol. The molecular formula is C15H30N2O2. The molecule has 0 radical (unpaired) electrons. The zero-order valence-corrected chi connectivity index (χ0v) is 12.7. The largest absolute Gasteiger partial charge is 0.480 e. The van der Waals surface area contributed by atoms with E-state index in [1.165, 1.54) is 32.2 Å². The molecular weight excluding hydrogens is 240 g/mol. The summed E-state index contributed by atoms with van der Waals surface area (Å²) in [4.78, 5) is 13.9. The van der Waals surface area contributed by atoms with Crippen LogP contribution in [0.3, 0.4) is 0 Å². The standard InChI is InChI=1S/C15H30N2O2/c1-4-15(16-3,14(18)19)10-8-12-17-11-7-5-6-9-13(17)2/h13,16H,4-12H2,1-3H3,(H,18,19). The number of aliphatic carboxylic acids is 1. The van der Waals surface area contributed by atoms with Crippen molar-refractivity contribution in [3.63, 3.8) is 0 Å². The Morgan fingerprint density at radius 1 is 1.42 bits per heavy atom. The van der Waals surface area contributed by atoms with Crippen LogP contribution in [0.4, 0.5) is 0 Å². The first-order valence-corrected chi connectivity index (χ1v) is 7.72.